The fourth-order valence-electron chi connectivity index (χ4n) is 2.70. The molecule has 1 N–H and O–H groups in total. The SMILES string of the molecule is Cc1nn(-c2ccccc2)c(C)c1CC(=O)Nc1ccc(F)cc1F. The molecule has 0 unspecified atom stereocenters. The average molecular weight is 341 g/mol. The molecule has 0 aliphatic carbocycles. The first kappa shape index (κ1) is 16.8. The lowest BCUT2D eigenvalue weighted by molar-refractivity contribution is -0.115. The maximum atomic E-state index is 13.7. The maximum Gasteiger partial charge on any atom is 0.229 e. The summed E-state index contributed by atoms with van der Waals surface area (Å²) in [6.45, 7) is 3.71. The molecule has 0 saturated carbocycles. The highest BCUT2D eigenvalue weighted by molar-refractivity contribution is 5.92. The average Bonchev–Trinajstić information content (AvgIpc) is 2.86. The van der Waals surface area contributed by atoms with Crippen LogP contribution >= 0.6 is 0 Å². The topological polar surface area (TPSA) is 46.9 Å². The molecule has 0 spiro atoms. The monoisotopic (exact) mass is 341 g/mol. The molecule has 1 heterocycles. The summed E-state index contributed by atoms with van der Waals surface area (Å²) in [6, 6.07) is 12.6. The molecular weight excluding hydrogens is 324 g/mol. The first-order chi connectivity index (χ1) is 12.0. The summed E-state index contributed by atoms with van der Waals surface area (Å²) >= 11 is 0. The Morgan fingerprint density at radius 3 is 2.52 bits per heavy atom. The molecule has 6 heteroatoms. The lowest BCUT2D eigenvalue weighted by Gasteiger charge is -2.08. The minimum absolute atomic E-state index is 0.0443. The highest BCUT2D eigenvalue weighted by Crippen LogP contribution is 2.20. The second kappa shape index (κ2) is 6.84. The second-order valence-corrected chi connectivity index (χ2v) is 5.75. The molecule has 1 amide bonds. The predicted molar refractivity (Wildman–Crippen MR) is 91.7 cm³/mol. The summed E-state index contributed by atoms with van der Waals surface area (Å²) in [7, 11) is 0. The van der Waals surface area contributed by atoms with E-state index in [1.54, 1.807) is 4.68 Å². The fourth-order valence-corrected chi connectivity index (χ4v) is 2.70. The first-order valence-electron chi connectivity index (χ1n) is 7.81. The quantitative estimate of drug-likeness (QED) is 0.781. The van der Waals surface area contributed by atoms with Crippen LogP contribution in [0.4, 0.5) is 14.5 Å². The van der Waals surface area contributed by atoms with Crippen molar-refractivity contribution in [1.29, 1.82) is 0 Å². The predicted octanol–water partition coefficient (Wildman–Crippen LogP) is 3.95. The zero-order valence-corrected chi connectivity index (χ0v) is 13.9. The molecule has 128 valence electrons. The molecule has 0 fully saturated rings. The van der Waals surface area contributed by atoms with Gasteiger partial charge in [-0.3, -0.25) is 4.79 Å². The van der Waals surface area contributed by atoms with Crippen molar-refractivity contribution in [2.75, 3.05) is 5.32 Å². The van der Waals surface area contributed by atoms with Gasteiger partial charge in [-0.15, -0.1) is 0 Å². The summed E-state index contributed by atoms with van der Waals surface area (Å²) in [5, 5.41) is 6.95. The molecule has 0 radical (unpaired) electrons. The van der Waals surface area contributed by atoms with Gasteiger partial charge in [0.05, 0.1) is 23.5 Å². The Kier molecular flexibility index (Phi) is 4.61. The normalized spacial score (nSPS) is 10.7. The number of halogens is 2. The number of anilines is 1. The number of aromatic nitrogens is 2. The van der Waals surface area contributed by atoms with E-state index in [1.807, 2.05) is 44.2 Å². The number of para-hydroxylation sites is 1. The van der Waals surface area contributed by atoms with Crippen molar-refractivity contribution in [2.45, 2.75) is 20.3 Å². The molecule has 0 aliphatic rings. The second-order valence-electron chi connectivity index (χ2n) is 5.75. The summed E-state index contributed by atoms with van der Waals surface area (Å²) in [4.78, 5) is 12.3. The van der Waals surface area contributed by atoms with Gasteiger partial charge in [0.25, 0.3) is 0 Å². The van der Waals surface area contributed by atoms with Crippen LogP contribution < -0.4 is 5.32 Å². The summed E-state index contributed by atoms with van der Waals surface area (Å²) in [5.74, 6) is -1.88. The Morgan fingerprint density at radius 2 is 1.84 bits per heavy atom. The number of aryl methyl sites for hydroxylation is 1. The van der Waals surface area contributed by atoms with Gasteiger partial charge >= 0.3 is 0 Å². The van der Waals surface area contributed by atoms with Crippen LogP contribution in [0.25, 0.3) is 5.69 Å². The van der Waals surface area contributed by atoms with E-state index in [-0.39, 0.29) is 18.0 Å². The van der Waals surface area contributed by atoms with E-state index in [0.29, 0.717) is 0 Å². The van der Waals surface area contributed by atoms with E-state index < -0.39 is 11.6 Å². The molecule has 4 nitrogen and oxygen atoms in total. The van der Waals surface area contributed by atoms with Crippen molar-refractivity contribution in [3.05, 3.63) is 77.1 Å². The van der Waals surface area contributed by atoms with Crippen LogP contribution in [0.2, 0.25) is 0 Å². The molecule has 0 atom stereocenters. The van der Waals surface area contributed by atoms with E-state index >= 15 is 0 Å². The Hall–Kier alpha value is -3.02. The molecule has 0 saturated heterocycles. The zero-order chi connectivity index (χ0) is 18.0. The van der Waals surface area contributed by atoms with E-state index in [1.165, 1.54) is 6.07 Å². The van der Waals surface area contributed by atoms with E-state index in [9.17, 15) is 13.6 Å². The number of amides is 1. The van der Waals surface area contributed by atoms with Crippen molar-refractivity contribution in [3.63, 3.8) is 0 Å². The van der Waals surface area contributed by atoms with E-state index in [0.717, 1.165) is 34.8 Å². The third kappa shape index (κ3) is 3.57. The minimum Gasteiger partial charge on any atom is -0.323 e. The maximum absolute atomic E-state index is 13.7. The van der Waals surface area contributed by atoms with Crippen molar-refractivity contribution < 1.29 is 13.6 Å². The van der Waals surface area contributed by atoms with Gasteiger partial charge in [-0.05, 0) is 38.1 Å². The number of benzene rings is 2. The third-order valence-corrected chi connectivity index (χ3v) is 3.98. The van der Waals surface area contributed by atoms with Crippen LogP contribution in [-0.2, 0) is 11.2 Å². The van der Waals surface area contributed by atoms with Crippen molar-refractivity contribution in [3.8, 4) is 5.69 Å². The van der Waals surface area contributed by atoms with Crippen LogP contribution in [0.3, 0.4) is 0 Å². The molecule has 0 aliphatic heterocycles. The van der Waals surface area contributed by atoms with Gasteiger partial charge in [0.15, 0.2) is 0 Å². The fraction of sp³-hybridized carbons (Fsp3) is 0.158. The summed E-state index contributed by atoms with van der Waals surface area (Å²) in [5.41, 5.74) is 3.22. The molecule has 1 aromatic heterocycles. The van der Waals surface area contributed by atoms with Gasteiger partial charge in [-0.25, -0.2) is 13.5 Å². The van der Waals surface area contributed by atoms with Gasteiger partial charge in [0.1, 0.15) is 11.6 Å². The molecular formula is C19H17F2N3O. The lowest BCUT2D eigenvalue weighted by atomic mass is 10.1. The number of hydrogen-bond acceptors (Lipinski definition) is 2. The first-order valence-corrected chi connectivity index (χ1v) is 7.81. The van der Waals surface area contributed by atoms with E-state index in [2.05, 4.69) is 10.4 Å². The Labute approximate surface area is 144 Å². The van der Waals surface area contributed by atoms with Crippen molar-refractivity contribution >= 4 is 11.6 Å². The number of nitrogens with one attached hydrogen (secondary N) is 1. The molecule has 0 bridgehead atoms. The van der Waals surface area contributed by atoms with Crippen LogP contribution in [0.5, 0.6) is 0 Å². The number of hydrogen-bond donors (Lipinski definition) is 1. The Morgan fingerprint density at radius 1 is 1.12 bits per heavy atom. The number of carbonyl (C=O) groups is 1. The molecule has 2 aromatic carbocycles. The number of carbonyl (C=O) groups excluding carboxylic acids is 1. The van der Waals surface area contributed by atoms with Gasteiger partial charge in [-0.2, -0.15) is 5.10 Å². The lowest BCUT2D eigenvalue weighted by Crippen LogP contribution is -2.16. The van der Waals surface area contributed by atoms with Crippen LogP contribution in [0.1, 0.15) is 17.0 Å². The Balaban J connectivity index is 1.81. The van der Waals surface area contributed by atoms with Crippen molar-refractivity contribution in [1.82, 2.24) is 9.78 Å². The van der Waals surface area contributed by atoms with Gasteiger partial charge in [0.2, 0.25) is 5.91 Å². The van der Waals surface area contributed by atoms with Gasteiger partial charge in [0, 0.05) is 17.3 Å². The van der Waals surface area contributed by atoms with Crippen LogP contribution in [0, 0.1) is 25.5 Å². The van der Waals surface area contributed by atoms with Crippen LogP contribution in [-0.4, -0.2) is 15.7 Å². The van der Waals surface area contributed by atoms with Crippen molar-refractivity contribution in [2.24, 2.45) is 0 Å². The summed E-state index contributed by atoms with van der Waals surface area (Å²) < 4.78 is 28.4. The number of nitrogens with zero attached hydrogens (tertiary/aromatic N) is 2. The minimum atomic E-state index is -0.804. The van der Waals surface area contributed by atoms with E-state index in [4.69, 9.17) is 0 Å². The van der Waals surface area contributed by atoms with Crippen LogP contribution in [0.15, 0.2) is 48.5 Å². The van der Waals surface area contributed by atoms with Gasteiger partial charge in [-0.1, -0.05) is 18.2 Å². The van der Waals surface area contributed by atoms with Gasteiger partial charge < -0.3 is 5.32 Å². The molecule has 3 aromatic rings. The summed E-state index contributed by atoms with van der Waals surface area (Å²) in [6.07, 6.45) is 0.0569. The zero-order valence-electron chi connectivity index (χ0n) is 13.9. The highest BCUT2D eigenvalue weighted by Gasteiger charge is 2.17. The third-order valence-electron chi connectivity index (χ3n) is 3.98. The standard InChI is InChI=1S/C19H17F2N3O/c1-12-16(13(2)24(23-12)15-6-4-3-5-7-15)11-19(25)22-18-9-8-14(20)10-17(18)21/h3-10H,11H2,1-2H3,(H,22,25). The smallest absolute Gasteiger partial charge is 0.229 e. The Bertz CT molecular complexity index is 920. The highest BCUT2D eigenvalue weighted by atomic mass is 19.1. The molecule has 3 rings (SSSR count). The largest absolute Gasteiger partial charge is 0.323 e. The number of rotatable bonds is 4. The molecule has 25 heavy (non-hydrogen) atoms.